The molecule has 1 aliphatic carbocycles. The Bertz CT molecular complexity index is 504. The predicted octanol–water partition coefficient (Wildman–Crippen LogP) is 2.61. The van der Waals surface area contributed by atoms with Gasteiger partial charge in [0.25, 0.3) is 0 Å². The maximum absolute atomic E-state index is 11.7. The van der Waals surface area contributed by atoms with E-state index >= 15 is 0 Å². The van der Waals surface area contributed by atoms with Crippen LogP contribution in [0, 0.1) is 0 Å². The molecular formula is C17H24N2O3S. The Kier molecular flexibility index (Phi) is 7.42. The van der Waals surface area contributed by atoms with Crippen molar-refractivity contribution in [2.24, 2.45) is 0 Å². The molecule has 1 fully saturated rings. The van der Waals surface area contributed by atoms with Crippen LogP contribution >= 0.6 is 11.8 Å². The van der Waals surface area contributed by atoms with Gasteiger partial charge in [0, 0.05) is 11.8 Å². The largest absolute Gasteiger partial charge is 0.388 e. The lowest BCUT2D eigenvalue weighted by atomic mass is 9.96. The van der Waals surface area contributed by atoms with E-state index in [4.69, 9.17) is 0 Å². The maximum atomic E-state index is 11.7. The van der Waals surface area contributed by atoms with E-state index in [1.54, 1.807) is 0 Å². The van der Waals surface area contributed by atoms with E-state index in [0.29, 0.717) is 5.75 Å². The molecule has 5 nitrogen and oxygen atoms in total. The fourth-order valence-electron chi connectivity index (χ4n) is 2.67. The SMILES string of the molecule is O=C(CSC[C@H](O)c1ccccc1)NC(=O)NC1CCCCC1. The number of carbonyl (C=O) groups excluding carboxylic acids is 2. The van der Waals surface area contributed by atoms with Crippen molar-refractivity contribution in [2.45, 2.75) is 44.2 Å². The van der Waals surface area contributed by atoms with Crippen molar-refractivity contribution in [1.82, 2.24) is 10.6 Å². The van der Waals surface area contributed by atoms with Gasteiger partial charge in [-0.05, 0) is 18.4 Å². The number of rotatable bonds is 6. The molecule has 0 unspecified atom stereocenters. The molecule has 3 N–H and O–H groups in total. The van der Waals surface area contributed by atoms with Crippen molar-refractivity contribution >= 4 is 23.7 Å². The molecule has 1 aromatic rings. The molecular weight excluding hydrogens is 312 g/mol. The first kappa shape index (κ1) is 17.8. The Balaban J connectivity index is 1.61. The van der Waals surface area contributed by atoms with Crippen molar-refractivity contribution in [3.05, 3.63) is 35.9 Å². The van der Waals surface area contributed by atoms with E-state index < -0.39 is 12.1 Å². The standard InChI is InChI=1S/C17H24N2O3S/c20-15(13-7-3-1-4-8-13)11-23-12-16(21)19-17(22)18-14-9-5-2-6-10-14/h1,3-4,7-8,14-15,20H,2,5-6,9-12H2,(H2,18,19,21,22)/t15-/m0/s1. The van der Waals surface area contributed by atoms with Crippen molar-refractivity contribution in [1.29, 1.82) is 0 Å². The Labute approximate surface area is 141 Å². The van der Waals surface area contributed by atoms with Crippen LogP contribution in [0.3, 0.4) is 0 Å². The molecule has 0 heterocycles. The second-order valence-electron chi connectivity index (χ2n) is 5.80. The number of imide groups is 1. The van der Waals surface area contributed by atoms with Crippen LogP contribution in [-0.4, -0.2) is 34.6 Å². The highest BCUT2D eigenvalue weighted by molar-refractivity contribution is 7.99. The van der Waals surface area contributed by atoms with Crippen LogP contribution in [0.2, 0.25) is 0 Å². The number of amides is 3. The summed E-state index contributed by atoms with van der Waals surface area (Å²) in [6, 6.07) is 9.10. The van der Waals surface area contributed by atoms with Crippen LogP contribution in [0.15, 0.2) is 30.3 Å². The molecule has 6 heteroatoms. The summed E-state index contributed by atoms with van der Waals surface area (Å²) >= 11 is 1.31. The molecule has 3 amide bonds. The maximum Gasteiger partial charge on any atom is 0.321 e. The van der Waals surface area contributed by atoms with Crippen LogP contribution < -0.4 is 10.6 Å². The highest BCUT2D eigenvalue weighted by Crippen LogP contribution is 2.18. The molecule has 0 aromatic heterocycles. The molecule has 0 aliphatic heterocycles. The highest BCUT2D eigenvalue weighted by atomic mass is 32.2. The normalized spacial score (nSPS) is 16.6. The van der Waals surface area contributed by atoms with E-state index in [9.17, 15) is 14.7 Å². The van der Waals surface area contributed by atoms with E-state index in [-0.39, 0.29) is 17.7 Å². The third kappa shape index (κ3) is 6.62. The smallest absolute Gasteiger partial charge is 0.321 e. The molecule has 126 valence electrons. The van der Waals surface area contributed by atoms with Gasteiger partial charge in [0.2, 0.25) is 5.91 Å². The van der Waals surface area contributed by atoms with Crippen LogP contribution in [-0.2, 0) is 4.79 Å². The molecule has 23 heavy (non-hydrogen) atoms. The molecule has 0 spiro atoms. The number of carbonyl (C=O) groups is 2. The van der Waals surface area contributed by atoms with Gasteiger partial charge in [0.05, 0.1) is 11.9 Å². The number of nitrogens with one attached hydrogen (secondary N) is 2. The zero-order chi connectivity index (χ0) is 16.5. The van der Waals surface area contributed by atoms with Crippen LogP contribution in [0.4, 0.5) is 4.79 Å². The average molecular weight is 336 g/mol. The van der Waals surface area contributed by atoms with Gasteiger partial charge in [0.15, 0.2) is 0 Å². The first-order valence-electron chi connectivity index (χ1n) is 8.06. The van der Waals surface area contributed by atoms with Crippen LogP contribution in [0.25, 0.3) is 0 Å². The van der Waals surface area contributed by atoms with E-state index in [1.807, 2.05) is 30.3 Å². The number of aliphatic hydroxyl groups is 1. The lowest BCUT2D eigenvalue weighted by Crippen LogP contribution is -2.45. The second kappa shape index (κ2) is 9.57. The molecule has 2 rings (SSSR count). The Morgan fingerprint density at radius 1 is 1.17 bits per heavy atom. The zero-order valence-corrected chi connectivity index (χ0v) is 14.0. The molecule has 0 radical (unpaired) electrons. The molecule has 1 atom stereocenters. The van der Waals surface area contributed by atoms with Gasteiger partial charge in [-0.15, -0.1) is 11.8 Å². The summed E-state index contributed by atoms with van der Waals surface area (Å²) < 4.78 is 0. The number of hydrogen-bond acceptors (Lipinski definition) is 4. The summed E-state index contributed by atoms with van der Waals surface area (Å²) in [4.78, 5) is 23.5. The number of aliphatic hydroxyl groups excluding tert-OH is 1. The van der Waals surface area contributed by atoms with Gasteiger partial charge >= 0.3 is 6.03 Å². The molecule has 0 saturated heterocycles. The summed E-state index contributed by atoms with van der Waals surface area (Å²) in [7, 11) is 0. The van der Waals surface area contributed by atoms with Gasteiger partial charge in [-0.25, -0.2) is 4.79 Å². The third-order valence-corrected chi connectivity index (χ3v) is 4.90. The van der Waals surface area contributed by atoms with E-state index in [0.717, 1.165) is 31.2 Å². The van der Waals surface area contributed by atoms with Crippen molar-refractivity contribution < 1.29 is 14.7 Å². The van der Waals surface area contributed by atoms with Gasteiger partial charge < -0.3 is 10.4 Å². The number of hydrogen-bond donors (Lipinski definition) is 3. The predicted molar refractivity (Wildman–Crippen MR) is 92.3 cm³/mol. The van der Waals surface area contributed by atoms with Gasteiger partial charge in [-0.3, -0.25) is 10.1 Å². The summed E-state index contributed by atoms with van der Waals surface area (Å²) in [5.74, 6) is 0.243. The number of thioether (sulfide) groups is 1. The Hall–Kier alpha value is -1.53. The summed E-state index contributed by atoms with van der Waals surface area (Å²) in [6.45, 7) is 0. The van der Waals surface area contributed by atoms with Crippen molar-refractivity contribution in [3.63, 3.8) is 0 Å². The Morgan fingerprint density at radius 2 is 1.87 bits per heavy atom. The lowest BCUT2D eigenvalue weighted by Gasteiger charge is -2.22. The lowest BCUT2D eigenvalue weighted by molar-refractivity contribution is -0.117. The fraction of sp³-hybridized carbons (Fsp3) is 0.529. The van der Waals surface area contributed by atoms with Crippen molar-refractivity contribution in [2.75, 3.05) is 11.5 Å². The summed E-state index contributed by atoms with van der Waals surface area (Å²) in [5.41, 5.74) is 0.829. The highest BCUT2D eigenvalue weighted by Gasteiger charge is 2.17. The van der Waals surface area contributed by atoms with Crippen LogP contribution in [0.1, 0.15) is 43.8 Å². The quantitative estimate of drug-likeness (QED) is 0.746. The molecule has 1 saturated carbocycles. The number of benzene rings is 1. The third-order valence-electron chi connectivity index (χ3n) is 3.89. The first-order valence-corrected chi connectivity index (χ1v) is 9.21. The topological polar surface area (TPSA) is 78.4 Å². The van der Waals surface area contributed by atoms with Gasteiger partial charge in [0.1, 0.15) is 0 Å². The number of urea groups is 1. The monoisotopic (exact) mass is 336 g/mol. The fourth-order valence-corrected chi connectivity index (χ4v) is 3.46. The van der Waals surface area contributed by atoms with Crippen LogP contribution in [0.5, 0.6) is 0 Å². The first-order chi connectivity index (χ1) is 11.1. The minimum Gasteiger partial charge on any atom is -0.388 e. The van der Waals surface area contributed by atoms with E-state index in [1.165, 1.54) is 18.2 Å². The molecule has 1 aromatic carbocycles. The van der Waals surface area contributed by atoms with Gasteiger partial charge in [-0.1, -0.05) is 49.6 Å². The van der Waals surface area contributed by atoms with E-state index in [2.05, 4.69) is 10.6 Å². The minimum atomic E-state index is -0.606. The van der Waals surface area contributed by atoms with Crippen molar-refractivity contribution in [3.8, 4) is 0 Å². The summed E-state index contributed by atoms with van der Waals surface area (Å²) in [5, 5.41) is 15.2. The zero-order valence-electron chi connectivity index (χ0n) is 13.2. The molecule has 1 aliphatic rings. The van der Waals surface area contributed by atoms with Gasteiger partial charge in [-0.2, -0.15) is 0 Å². The second-order valence-corrected chi connectivity index (χ2v) is 6.83. The summed E-state index contributed by atoms with van der Waals surface area (Å²) in [6.07, 6.45) is 4.85. The molecule has 0 bridgehead atoms. The minimum absolute atomic E-state index is 0.155. The average Bonchev–Trinajstić information content (AvgIpc) is 2.56. The Morgan fingerprint density at radius 3 is 2.57 bits per heavy atom.